The third-order valence-electron chi connectivity index (χ3n) is 4.50. The van der Waals surface area contributed by atoms with Gasteiger partial charge in [0.05, 0.1) is 33.2 Å². The van der Waals surface area contributed by atoms with Gasteiger partial charge >= 0.3 is 0 Å². The molecular formula is C22H25N3O3S. The average Bonchev–Trinajstić information content (AvgIpc) is 3.14. The number of benzene rings is 2. The van der Waals surface area contributed by atoms with Crippen molar-refractivity contribution in [3.8, 4) is 28.5 Å². The molecule has 152 valence electrons. The third-order valence-corrected chi connectivity index (χ3v) is 5.25. The number of anilines is 1. The minimum atomic E-state index is 0.550. The number of aromatic nitrogens is 1. The number of aryl methyl sites for hydroxylation is 3. The minimum Gasteiger partial charge on any atom is -0.493 e. The maximum Gasteiger partial charge on any atom is 0.203 e. The summed E-state index contributed by atoms with van der Waals surface area (Å²) in [4.78, 5) is 4.68. The summed E-state index contributed by atoms with van der Waals surface area (Å²) in [7, 11) is 4.75. The van der Waals surface area contributed by atoms with Crippen molar-refractivity contribution in [1.29, 1.82) is 0 Å². The lowest BCUT2D eigenvalue weighted by atomic mass is 9.98. The van der Waals surface area contributed by atoms with E-state index in [-0.39, 0.29) is 0 Å². The summed E-state index contributed by atoms with van der Waals surface area (Å²) in [5, 5.41) is 7.07. The molecule has 29 heavy (non-hydrogen) atoms. The van der Waals surface area contributed by atoms with Crippen LogP contribution >= 0.6 is 11.3 Å². The maximum atomic E-state index is 5.37. The monoisotopic (exact) mass is 411 g/mol. The summed E-state index contributed by atoms with van der Waals surface area (Å²) in [5.41, 5.74) is 9.65. The number of methoxy groups -OCH3 is 3. The first-order valence-electron chi connectivity index (χ1n) is 9.09. The van der Waals surface area contributed by atoms with Crippen LogP contribution in [-0.4, -0.2) is 32.5 Å². The first-order valence-corrected chi connectivity index (χ1v) is 9.97. The van der Waals surface area contributed by atoms with Crippen LogP contribution < -0.4 is 19.6 Å². The van der Waals surface area contributed by atoms with Gasteiger partial charge in [-0.15, -0.1) is 11.3 Å². The predicted molar refractivity (Wildman–Crippen MR) is 119 cm³/mol. The highest BCUT2D eigenvalue weighted by atomic mass is 32.1. The van der Waals surface area contributed by atoms with Crippen LogP contribution in [0.2, 0.25) is 0 Å². The Bertz CT molecular complexity index is 996. The lowest BCUT2D eigenvalue weighted by molar-refractivity contribution is 0.324. The highest BCUT2D eigenvalue weighted by Crippen LogP contribution is 2.37. The summed E-state index contributed by atoms with van der Waals surface area (Å²) >= 11 is 1.52. The van der Waals surface area contributed by atoms with Gasteiger partial charge in [-0.3, -0.25) is 5.43 Å². The Hall–Kier alpha value is -3.06. The van der Waals surface area contributed by atoms with Gasteiger partial charge in [-0.25, -0.2) is 4.98 Å². The average molecular weight is 412 g/mol. The Morgan fingerprint density at radius 2 is 1.55 bits per heavy atom. The second-order valence-electron chi connectivity index (χ2n) is 6.64. The second kappa shape index (κ2) is 8.96. The van der Waals surface area contributed by atoms with Crippen LogP contribution in [0.25, 0.3) is 11.3 Å². The molecule has 3 rings (SSSR count). The van der Waals surface area contributed by atoms with Crippen molar-refractivity contribution >= 4 is 22.7 Å². The van der Waals surface area contributed by atoms with Crippen LogP contribution in [0.15, 0.2) is 34.7 Å². The zero-order valence-electron chi connectivity index (χ0n) is 17.5. The van der Waals surface area contributed by atoms with Crippen LogP contribution in [0.5, 0.6) is 17.2 Å². The van der Waals surface area contributed by atoms with Crippen LogP contribution in [0.3, 0.4) is 0 Å². The van der Waals surface area contributed by atoms with Gasteiger partial charge in [0.1, 0.15) is 0 Å². The molecule has 1 aromatic heterocycles. The molecule has 0 aliphatic carbocycles. The van der Waals surface area contributed by atoms with Gasteiger partial charge in [0.2, 0.25) is 10.9 Å². The molecule has 0 bridgehead atoms. The second-order valence-corrected chi connectivity index (χ2v) is 7.50. The highest BCUT2D eigenvalue weighted by Gasteiger charge is 2.13. The largest absolute Gasteiger partial charge is 0.493 e. The van der Waals surface area contributed by atoms with E-state index in [4.69, 9.17) is 14.2 Å². The van der Waals surface area contributed by atoms with Crippen LogP contribution in [0, 0.1) is 20.8 Å². The molecular weight excluding hydrogens is 386 g/mol. The minimum absolute atomic E-state index is 0.550. The molecule has 0 amide bonds. The number of thiazole rings is 1. The molecule has 2 aromatic carbocycles. The summed E-state index contributed by atoms with van der Waals surface area (Å²) in [6, 6.07) is 8.02. The summed E-state index contributed by atoms with van der Waals surface area (Å²) in [6.45, 7) is 6.34. The molecule has 3 aromatic rings. The van der Waals surface area contributed by atoms with E-state index in [0.717, 1.165) is 16.4 Å². The molecule has 1 heterocycles. The van der Waals surface area contributed by atoms with E-state index >= 15 is 0 Å². The van der Waals surface area contributed by atoms with E-state index in [1.165, 1.54) is 33.6 Å². The molecule has 7 heteroatoms. The van der Waals surface area contributed by atoms with E-state index < -0.39 is 0 Å². The van der Waals surface area contributed by atoms with Crippen molar-refractivity contribution in [3.63, 3.8) is 0 Å². The van der Waals surface area contributed by atoms with Gasteiger partial charge in [-0.2, -0.15) is 5.10 Å². The first-order chi connectivity index (χ1) is 14.0. The van der Waals surface area contributed by atoms with Gasteiger partial charge in [0.25, 0.3) is 0 Å². The van der Waals surface area contributed by atoms with Crippen molar-refractivity contribution < 1.29 is 14.2 Å². The van der Waals surface area contributed by atoms with E-state index in [0.29, 0.717) is 17.2 Å². The SMILES string of the molecule is COc1cc(/C=N\Nc2nc(-c3c(C)cc(C)cc3C)cs2)cc(OC)c1OC. The Morgan fingerprint density at radius 1 is 0.931 bits per heavy atom. The number of ether oxygens (including phenoxy) is 3. The Balaban J connectivity index is 1.79. The standard InChI is InChI=1S/C22H25N3O3S/c1-13-7-14(2)20(15(3)8-13)17-12-29-22(24-17)25-23-11-16-9-18(26-4)21(28-6)19(10-16)27-5/h7-12H,1-6H3,(H,24,25)/b23-11-. The molecule has 0 saturated heterocycles. The number of hydrogen-bond acceptors (Lipinski definition) is 7. The zero-order valence-corrected chi connectivity index (χ0v) is 18.3. The fourth-order valence-corrected chi connectivity index (χ4v) is 4.01. The maximum absolute atomic E-state index is 5.37. The van der Waals surface area contributed by atoms with Crippen molar-refractivity contribution in [2.45, 2.75) is 20.8 Å². The van der Waals surface area contributed by atoms with Gasteiger partial charge in [0, 0.05) is 16.5 Å². The van der Waals surface area contributed by atoms with E-state index in [1.54, 1.807) is 27.5 Å². The van der Waals surface area contributed by atoms with Gasteiger partial charge in [-0.1, -0.05) is 17.7 Å². The van der Waals surface area contributed by atoms with Crippen molar-refractivity contribution in [2.24, 2.45) is 5.10 Å². The zero-order chi connectivity index (χ0) is 21.0. The molecule has 0 spiro atoms. The van der Waals surface area contributed by atoms with Crippen molar-refractivity contribution in [3.05, 3.63) is 51.9 Å². The number of nitrogens with one attached hydrogen (secondary N) is 1. The summed E-state index contributed by atoms with van der Waals surface area (Å²) < 4.78 is 16.1. The molecule has 0 atom stereocenters. The summed E-state index contributed by atoms with van der Waals surface area (Å²) in [5.74, 6) is 1.71. The Labute approximate surface area is 175 Å². The lowest BCUT2D eigenvalue weighted by Gasteiger charge is -2.12. The quantitative estimate of drug-likeness (QED) is 0.427. The first kappa shape index (κ1) is 20.7. The third kappa shape index (κ3) is 4.51. The number of hydrazone groups is 1. The molecule has 0 unspecified atom stereocenters. The molecule has 0 saturated carbocycles. The Morgan fingerprint density at radius 3 is 2.10 bits per heavy atom. The van der Waals surface area contributed by atoms with Gasteiger partial charge < -0.3 is 14.2 Å². The molecule has 1 N–H and O–H groups in total. The lowest BCUT2D eigenvalue weighted by Crippen LogP contribution is -1.97. The van der Waals surface area contributed by atoms with Crippen LogP contribution in [0.4, 0.5) is 5.13 Å². The predicted octanol–water partition coefficient (Wildman–Crippen LogP) is 5.21. The summed E-state index contributed by atoms with van der Waals surface area (Å²) in [6.07, 6.45) is 1.69. The topological polar surface area (TPSA) is 65.0 Å². The van der Waals surface area contributed by atoms with Crippen LogP contribution in [0.1, 0.15) is 22.3 Å². The van der Waals surface area contributed by atoms with Gasteiger partial charge in [0.15, 0.2) is 11.5 Å². The molecule has 0 aliphatic rings. The molecule has 0 aliphatic heterocycles. The number of nitrogens with zero attached hydrogens (tertiary/aromatic N) is 2. The molecule has 0 radical (unpaired) electrons. The number of rotatable bonds is 7. The van der Waals surface area contributed by atoms with E-state index in [2.05, 4.69) is 48.4 Å². The molecule has 6 nitrogen and oxygen atoms in total. The van der Waals surface area contributed by atoms with E-state index in [1.807, 2.05) is 17.5 Å². The van der Waals surface area contributed by atoms with Crippen molar-refractivity contribution in [1.82, 2.24) is 4.98 Å². The van der Waals surface area contributed by atoms with Crippen molar-refractivity contribution in [2.75, 3.05) is 26.8 Å². The van der Waals surface area contributed by atoms with E-state index in [9.17, 15) is 0 Å². The fourth-order valence-electron chi connectivity index (χ4n) is 3.36. The normalized spacial score (nSPS) is 11.0. The Kier molecular flexibility index (Phi) is 6.39. The highest BCUT2D eigenvalue weighted by molar-refractivity contribution is 7.14. The number of hydrogen-bond donors (Lipinski definition) is 1. The smallest absolute Gasteiger partial charge is 0.203 e. The fraction of sp³-hybridized carbons (Fsp3) is 0.273. The van der Waals surface area contributed by atoms with Gasteiger partial charge in [-0.05, 0) is 44.0 Å². The molecule has 0 fully saturated rings. The van der Waals surface area contributed by atoms with Crippen LogP contribution in [-0.2, 0) is 0 Å².